The lowest BCUT2D eigenvalue weighted by molar-refractivity contribution is 0.0951. The lowest BCUT2D eigenvalue weighted by atomic mass is 9.99. The normalized spacial score (nSPS) is 15.9. The summed E-state index contributed by atoms with van der Waals surface area (Å²) in [6, 6.07) is 16.3. The molecule has 2 aromatic carbocycles. The molecular formula is C22H28N2O. The molecule has 1 N–H and O–H groups in total. The number of nitrogens with zero attached hydrogens (tertiary/aromatic N) is 1. The van der Waals surface area contributed by atoms with Crippen molar-refractivity contribution >= 4 is 5.91 Å². The first-order chi connectivity index (χ1) is 12.1. The van der Waals surface area contributed by atoms with Gasteiger partial charge >= 0.3 is 0 Å². The van der Waals surface area contributed by atoms with Gasteiger partial charge in [-0.15, -0.1) is 0 Å². The molecule has 1 aliphatic heterocycles. The van der Waals surface area contributed by atoms with E-state index < -0.39 is 0 Å². The lowest BCUT2D eigenvalue weighted by Gasteiger charge is -2.30. The zero-order valence-electron chi connectivity index (χ0n) is 15.3. The zero-order valence-corrected chi connectivity index (χ0v) is 15.3. The van der Waals surface area contributed by atoms with Crippen LogP contribution in [0.4, 0.5) is 0 Å². The Kier molecular flexibility index (Phi) is 5.87. The van der Waals surface area contributed by atoms with Crippen molar-refractivity contribution in [2.45, 2.75) is 39.8 Å². The van der Waals surface area contributed by atoms with Gasteiger partial charge in [-0.2, -0.15) is 0 Å². The second kappa shape index (κ2) is 8.30. The summed E-state index contributed by atoms with van der Waals surface area (Å²) in [4.78, 5) is 14.8. The number of likely N-dealkylation sites (tertiary alicyclic amines) is 1. The van der Waals surface area contributed by atoms with E-state index in [9.17, 15) is 4.79 Å². The van der Waals surface area contributed by atoms with E-state index in [4.69, 9.17) is 0 Å². The maximum absolute atomic E-state index is 12.3. The molecule has 0 spiro atoms. The molecule has 3 heteroatoms. The number of aryl methyl sites for hydroxylation is 1. The molecule has 1 saturated heterocycles. The van der Waals surface area contributed by atoms with Crippen LogP contribution in [0.5, 0.6) is 0 Å². The number of carbonyl (C=O) groups is 1. The summed E-state index contributed by atoms with van der Waals surface area (Å²) in [5.41, 5.74) is 4.35. The van der Waals surface area contributed by atoms with Crippen molar-refractivity contribution < 1.29 is 4.79 Å². The highest BCUT2D eigenvalue weighted by molar-refractivity contribution is 5.94. The number of carbonyl (C=O) groups excluding carboxylic acids is 1. The summed E-state index contributed by atoms with van der Waals surface area (Å²) in [7, 11) is 0. The van der Waals surface area contributed by atoms with E-state index >= 15 is 0 Å². The number of benzene rings is 2. The van der Waals surface area contributed by atoms with Crippen molar-refractivity contribution in [2.75, 3.05) is 13.1 Å². The molecule has 1 amide bonds. The predicted molar refractivity (Wildman–Crippen MR) is 102 cm³/mol. The summed E-state index contributed by atoms with van der Waals surface area (Å²) >= 11 is 0. The van der Waals surface area contributed by atoms with Gasteiger partial charge in [0.2, 0.25) is 0 Å². The van der Waals surface area contributed by atoms with Crippen LogP contribution < -0.4 is 5.32 Å². The molecule has 0 aliphatic carbocycles. The summed E-state index contributed by atoms with van der Waals surface area (Å²) < 4.78 is 0. The minimum atomic E-state index is -0.0140. The highest BCUT2D eigenvalue weighted by Gasteiger charge is 2.15. The van der Waals surface area contributed by atoms with Gasteiger partial charge in [-0.05, 0) is 62.0 Å². The number of amides is 1. The van der Waals surface area contributed by atoms with Crippen LogP contribution in [0.3, 0.4) is 0 Å². The van der Waals surface area contributed by atoms with Crippen molar-refractivity contribution in [3.8, 4) is 0 Å². The van der Waals surface area contributed by atoms with Gasteiger partial charge < -0.3 is 5.32 Å². The van der Waals surface area contributed by atoms with Crippen molar-refractivity contribution in [3.63, 3.8) is 0 Å². The molecular weight excluding hydrogens is 308 g/mol. The smallest absolute Gasteiger partial charge is 0.251 e. The maximum Gasteiger partial charge on any atom is 0.251 e. The largest absolute Gasteiger partial charge is 0.348 e. The Morgan fingerprint density at radius 3 is 2.48 bits per heavy atom. The van der Waals surface area contributed by atoms with Crippen LogP contribution in [-0.2, 0) is 13.1 Å². The zero-order chi connectivity index (χ0) is 17.6. The van der Waals surface area contributed by atoms with Crippen molar-refractivity contribution in [1.29, 1.82) is 0 Å². The second-order valence-corrected chi connectivity index (χ2v) is 7.33. The molecule has 0 unspecified atom stereocenters. The van der Waals surface area contributed by atoms with Crippen LogP contribution in [0.1, 0.15) is 46.8 Å². The summed E-state index contributed by atoms with van der Waals surface area (Å²) in [6.07, 6.45) is 2.58. The SMILES string of the molecule is Cc1cccc(CNC(=O)c2ccc(CN3CCC(C)CC3)cc2)c1. The highest BCUT2D eigenvalue weighted by atomic mass is 16.1. The minimum Gasteiger partial charge on any atom is -0.348 e. The van der Waals surface area contributed by atoms with Gasteiger partial charge in [-0.1, -0.05) is 48.9 Å². The molecule has 3 rings (SSSR count). The third-order valence-corrected chi connectivity index (χ3v) is 5.03. The Hall–Kier alpha value is -2.13. The van der Waals surface area contributed by atoms with Crippen molar-refractivity contribution in [1.82, 2.24) is 10.2 Å². The predicted octanol–water partition coefficient (Wildman–Crippen LogP) is 4.16. The van der Waals surface area contributed by atoms with E-state index in [-0.39, 0.29) is 5.91 Å². The maximum atomic E-state index is 12.3. The standard InChI is InChI=1S/C22H28N2O/c1-17-10-12-24(13-11-17)16-19-6-8-21(9-7-19)22(25)23-15-20-5-3-4-18(2)14-20/h3-9,14,17H,10-13,15-16H2,1-2H3,(H,23,25). The van der Waals surface area contributed by atoms with Gasteiger partial charge in [0.05, 0.1) is 0 Å². The van der Waals surface area contributed by atoms with Crippen LogP contribution >= 0.6 is 0 Å². The number of rotatable bonds is 5. The fourth-order valence-electron chi connectivity index (χ4n) is 3.35. The van der Waals surface area contributed by atoms with Crippen LogP contribution in [0, 0.1) is 12.8 Å². The number of nitrogens with one attached hydrogen (secondary N) is 1. The molecule has 3 nitrogen and oxygen atoms in total. The molecule has 1 aliphatic rings. The molecule has 1 heterocycles. The third kappa shape index (κ3) is 5.17. The van der Waals surface area contributed by atoms with Gasteiger partial charge in [-0.3, -0.25) is 9.69 Å². The van der Waals surface area contributed by atoms with E-state index in [0.717, 1.165) is 23.6 Å². The molecule has 0 atom stereocenters. The first kappa shape index (κ1) is 17.7. The number of hydrogen-bond donors (Lipinski definition) is 1. The van der Waals surface area contributed by atoms with Crippen LogP contribution in [0.25, 0.3) is 0 Å². The molecule has 0 bridgehead atoms. The Morgan fingerprint density at radius 1 is 1.08 bits per heavy atom. The van der Waals surface area contributed by atoms with Crippen molar-refractivity contribution in [3.05, 3.63) is 70.8 Å². The summed E-state index contributed by atoms with van der Waals surface area (Å²) in [5.74, 6) is 0.843. The summed E-state index contributed by atoms with van der Waals surface area (Å²) in [6.45, 7) is 8.31. The van der Waals surface area contributed by atoms with E-state index in [0.29, 0.717) is 6.54 Å². The Morgan fingerprint density at radius 2 is 1.80 bits per heavy atom. The molecule has 1 fully saturated rings. The average Bonchev–Trinajstić information content (AvgIpc) is 2.62. The van der Waals surface area contributed by atoms with Crippen molar-refractivity contribution in [2.24, 2.45) is 5.92 Å². The average molecular weight is 336 g/mol. The fraction of sp³-hybridized carbons (Fsp3) is 0.409. The molecule has 132 valence electrons. The van der Waals surface area contributed by atoms with E-state index in [1.54, 1.807) is 0 Å². The Balaban J connectivity index is 1.52. The van der Waals surface area contributed by atoms with Gasteiger partial charge in [0.25, 0.3) is 5.91 Å². The first-order valence-electron chi connectivity index (χ1n) is 9.25. The van der Waals surface area contributed by atoms with Crippen LogP contribution in [0.15, 0.2) is 48.5 Å². The van der Waals surface area contributed by atoms with Gasteiger partial charge in [0.1, 0.15) is 0 Å². The van der Waals surface area contributed by atoms with E-state index in [2.05, 4.69) is 48.3 Å². The molecule has 25 heavy (non-hydrogen) atoms. The lowest BCUT2D eigenvalue weighted by Crippen LogP contribution is -2.32. The molecule has 0 radical (unpaired) electrons. The quantitative estimate of drug-likeness (QED) is 0.889. The van der Waals surface area contributed by atoms with E-state index in [1.165, 1.54) is 37.1 Å². The van der Waals surface area contributed by atoms with E-state index in [1.807, 2.05) is 24.3 Å². The van der Waals surface area contributed by atoms with Crippen LogP contribution in [-0.4, -0.2) is 23.9 Å². The Labute approximate surface area is 151 Å². The molecule has 0 aromatic heterocycles. The van der Waals surface area contributed by atoms with Gasteiger partial charge in [-0.25, -0.2) is 0 Å². The second-order valence-electron chi connectivity index (χ2n) is 7.33. The van der Waals surface area contributed by atoms with Crippen LogP contribution in [0.2, 0.25) is 0 Å². The topological polar surface area (TPSA) is 32.3 Å². The third-order valence-electron chi connectivity index (χ3n) is 5.03. The monoisotopic (exact) mass is 336 g/mol. The Bertz CT molecular complexity index is 700. The fourth-order valence-corrected chi connectivity index (χ4v) is 3.35. The first-order valence-corrected chi connectivity index (χ1v) is 9.25. The minimum absolute atomic E-state index is 0.0140. The molecule has 0 saturated carbocycles. The van der Waals surface area contributed by atoms with Gasteiger partial charge in [0, 0.05) is 18.7 Å². The number of piperidine rings is 1. The summed E-state index contributed by atoms with van der Waals surface area (Å²) in [5, 5.41) is 3.00. The highest BCUT2D eigenvalue weighted by Crippen LogP contribution is 2.18. The molecule has 2 aromatic rings. The van der Waals surface area contributed by atoms with Gasteiger partial charge in [0.15, 0.2) is 0 Å². The number of hydrogen-bond acceptors (Lipinski definition) is 2.